The molecule has 2 N–H and O–H groups in total. The van der Waals surface area contributed by atoms with E-state index >= 15 is 0 Å². The molecule has 3 heteroatoms. The number of nitrogens with zero attached hydrogens (tertiary/aromatic N) is 1. The molecule has 0 aliphatic rings. The van der Waals surface area contributed by atoms with Crippen molar-refractivity contribution in [3.63, 3.8) is 0 Å². The number of fused-ring (bicyclic) bond motifs is 1. The predicted molar refractivity (Wildman–Crippen MR) is 69.9 cm³/mol. The summed E-state index contributed by atoms with van der Waals surface area (Å²) >= 11 is 6.17. The zero-order valence-corrected chi connectivity index (χ0v) is 10.3. The Morgan fingerprint density at radius 2 is 2.12 bits per heavy atom. The molecule has 0 amide bonds. The van der Waals surface area contributed by atoms with E-state index < -0.39 is 0 Å². The number of nitrogens with two attached hydrogens (primary N) is 1. The monoisotopic (exact) mass is 236 g/mol. The van der Waals surface area contributed by atoms with Gasteiger partial charge in [0, 0.05) is 28.7 Å². The molecule has 2 aromatic rings. The first kappa shape index (κ1) is 11.5. The van der Waals surface area contributed by atoms with Gasteiger partial charge in [-0.15, -0.1) is 0 Å². The Hall–Kier alpha value is -0.990. The maximum atomic E-state index is 6.17. The van der Waals surface area contributed by atoms with Crippen LogP contribution in [0.4, 0.5) is 0 Å². The number of aryl methyl sites for hydroxylation is 2. The first-order valence-corrected chi connectivity index (χ1v) is 6.04. The first-order valence-electron chi connectivity index (χ1n) is 5.67. The molecule has 0 fully saturated rings. The molecule has 86 valence electrons. The van der Waals surface area contributed by atoms with Crippen LogP contribution in [-0.4, -0.2) is 11.1 Å². The molecular formula is C13H17ClN2. The molecule has 0 unspecified atom stereocenters. The molecule has 0 radical (unpaired) electrons. The second kappa shape index (κ2) is 4.89. The summed E-state index contributed by atoms with van der Waals surface area (Å²) in [6.45, 7) is 0.769. The van der Waals surface area contributed by atoms with Crippen molar-refractivity contribution in [2.45, 2.75) is 19.3 Å². The van der Waals surface area contributed by atoms with E-state index in [-0.39, 0.29) is 0 Å². The van der Waals surface area contributed by atoms with Crippen molar-refractivity contribution in [3.8, 4) is 0 Å². The molecule has 1 heterocycles. The molecule has 0 saturated carbocycles. The molecular weight excluding hydrogens is 220 g/mol. The van der Waals surface area contributed by atoms with Crippen molar-refractivity contribution in [1.29, 1.82) is 0 Å². The van der Waals surface area contributed by atoms with Gasteiger partial charge in [-0.05, 0) is 44.0 Å². The van der Waals surface area contributed by atoms with Crippen LogP contribution in [0.2, 0.25) is 5.02 Å². The highest BCUT2D eigenvalue weighted by atomic mass is 35.5. The van der Waals surface area contributed by atoms with Crippen LogP contribution in [-0.2, 0) is 13.5 Å². The van der Waals surface area contributed by atoms with Crippen molar-refractivity contribution < 1.29 is 0 Å². The van der Waals surface area contributed by atoms with Gasteiger partial charge in [-0.1, -0.05) is 17.7 Å². The zero-order valence-electron chi connectivity index (χ0n) is 9.54. The van der Waals surface area contributed by atoms with E-state index in [0.29, 0.717) is 0 Å². The summed E-state index contributed by atoms with van der Waals surface area (Å²) in [5, 5.41) is 1.98. The van der Waals surface area contributed by atoms with E-state index in [9.17, 15) is 0 Å². The van der Waals surface area contributed by atoms with Crippen LogP contribution in [0.3, 0.4) is 0 Å². The normalized spacial score (nSPS) is 11.2. The summed E-state index contributed by atoms with van der Waals surface area (Å²) in [6.07, 6.45) is 3.28. The van der Waals surface area contributed by atoms with Gasteiger partial charge in [-0.25, -0.2) is 0 Å². The number of aromatic nitrogens is 1. The molecule has 1 aromatic heterocycles. The van der Waals surface area contributed by atoms with Crippen LogP contribution in [0.5, 0.6) is 0 Å². The maximum Gasteiger partial charge on any atom is 0.0499 e. The lowest BCUT2D eigenvalue weighted by Gasteiger charge is -2.03. The Morgan fingerprint density at radius 1 is 1.31 bits per heavy atom. The second-order valence-electron chi connectivity index (χ2n) is 4.11. The summed E-state index contributed by atoms with van der Waals surface area (Å²) in [5.41, 5.74) is 8.04. The first-order chi connectivity index (χ1) is 7.74. The average Bonchev–Trinajstić information content (AvgIpc) is 2.59. The SMILES string of the molecule is Cn1c(CCCCN)cc2c(Cl)cccc21. The molecule has 0 aliphatic carbocycles. The fourth-order valence-electron chi connectivity index (χ4n) is 2.07. The smallest absolute Gasteiger partial charge is 0.0499 e. The fourth-order valence-corrected chi connectivity index (χ4v) is 2.29. The second-order valence-corrected chi connectivity index (χ2v) is 4.52. The predicted octanol–water partition coefficient (Wildman–Crippen LogP) is 3.11. The minimum atomic E-state index is 0.769. The van der Waals surface area contributed by atoms with E-state index in [1.807, 2.05) is 12.1 Å². The van der Waals surface area contributed by atoms with E-state index in [1.165, 1.54) is 11.2 Å². The molecule has 2 nitrogen and oxygen atoms in total. The van der Waals surface area contributed by atoms with E-state index in [0.717, 1.165) is 36.2 Å². The van der Waals surface area contributed by atoms with Crippen molar-refractivity contribution in [1.82, 2.24) is 4.57 Å². The summed E-state index contributed by atoms with van der Waals surface area (Å²) < 4.78 is 2.22. The Morgan fingerprint density at radius 3 is 2.81 bits per heavy atom. The van der Waals surface area contributed by atoms with Gasteiger partial charge in [0.25, 0.3) is 0 Å². The standard InChI is InChI=1S/C13H17ClN2/c1-16-10(5-2-3-8-15)9-11-12(14)6-4-7-13(11)16/h4,6-7,9H,2-3,5,8,15H2,1H3. The van der Waals surface area contributed by atoms with Crippen molar-refractivity contribution in [2.75, 3.05) is 6.54 Å². The van der Waals surface area contributed by atoms with Gasteiger partial charge in [0.2, 0.25) is 0 Å². The summed E-state index contributed by atoms with van der Waals surface area (Å²) in [5.74, 6) is 0. The third-order valence-electron chi connectivity index (χ3n) is 3.02. The number of halogens is 1. The van der Waals surface area contributed by atoms with E-state index in [4.69, 9.17) is 17.3 Å². The molecule has 2 rings (SSSR count). The highest BCUT2D eigenvalue weighted by Gasteiger charge is 2.07. The minimum Gasteiger partial charge on any atom is -0.348 e. The van der Waals surface area contributed by atoms with Gasteiger partial charge in [-0.2, -0.15) is 0 Å². The number of hydrogen-bond acceptors (Lipinski definition) is 1. The highest BCUT2D eigenvalue weighted by molar-refractivity contribution is 6.35. The van der Waals surface area contributed by atoms with E-state index in [1.54, 1.807) is 0 Å². The van der Waals surface area contributed by atoms with Gasteiger partial charge in [0.05, 0.1) is 0 Å². The van der Waals surface area contributed by atoms with Gasteiger partial charge >= 0.3 is 0 Å². The van der Waals surface area contributed by atoms with Crippen LogP contribution in [0.1, 0.15) is 18.5 Å². The largest absolute Gasteiger partial charge is 0.348 e. The van der Waals surface area contributed by atoms with Crippen LogP contribution in [0, 0.1) is 0 Å². The van der Waals surface area contributed by atoms with Crippen LogP contribution < -0.4 is 5.73 Å². The van der Waals surface area contributed by atoms with Gasteiger partial charge in [0.15, 0.2) is 0 Å². The molecule has 0 atom stereocenters. The molecule has 0 aliphatic heterocycles. The molecule has 0 saturated heterocycles. The Balaban J connectivity index is 2.33. The number of unbranched alkanes of at least 4 members (excludes halogenated alkanes) is 1. The Kier molecular flexibility index (Phi) is 3.52. The highest BCUT2D eigenvalue weighted by Crippen LogP contribution is 2.26. The molecule has 16 heavy (non-hydrogen) atoms. The van der Waals surface area contributed by atoms with Crippen LogP contribution in [0.25, 0.3) is 10.9 Å². The van der Waals surface area contributed by atoms with Gasteiger partial charge in [-0.3, -0.25) is 0 Å². The third kappa shape index (κ3) is 2.08. The summed E-state index contributed by atoms with van der Waals surface area (Å²) in [7, 11) is 2.09. The van der Waals surface area contributed by atoms with E-state index in [2.05, 4.69) is 23.7 Å². The molecule has 0 bridgehead atoms. The lowest BCUT2D eigenvalue weighted by molar-refractivity contribution is 0.711. The number of benzene rings is 1. The van der Waals surface area contributed by atoms with Crippen molar-refractivity contribution >= 4 is 22.5 Å². The topological polar surface area (TPSA) is 30.9 Å². The zero-order chi connectivity index (χ0) is 11.5. The Labute approximate surface area is 101 Å². The van der Waals surface area contributed by atoms with Gasteiger partial charge in [0.1, 0.15) is 0 Å². The van der Waals surface area contributed by atoms with Crippen LogP contribution in [0.15, 0.2) is 24.3 Å². The summed E-state index contributed by atoms with van der Waals surface area (Å²) in [6, 6.07) is 8.23. The number of rotatable bonds is 4. The summed E-state index contributed by atoms with van der Waals surface area (Å²) in [4.78, 5) is 0. The Bertz CT molecular complexity index is 488. The van der Waals surface area contributed by atoms with Crippen LogP contribution >= 0.6 is 11.6 Å². The molecule has 0 spiro atoms. The lowest BCUT2D eigenvalue weighted by Crippen LogP contribution is -2.01. The average molecular weight is 237 g/mol. The minimum absolute atomic E-state index is 0.769. The van der Waals surface area contributed by atoms with Crippen molar-refractivity contribution in [2.24, 2.45) is 12.8 Å². The number of hydrogen-bond donors (Lipinski definition) is 1. The lowest BCUT2D eigenvalue weighted by atomic mass is 10.2. The maximum absolute atomic E-state index is 6.17. The fraction of sp³-hybridized carbons (Fsp3) is 0.385. The quantitative estimate of drug-likeness (QED) is 0.813. The third-order valence-corrected chi connectivity index (χ3v) is 3.35. The van der Waals surface area contributed by atoms with Gasteiger partial charge < -0.3 is 10.3 Å². The molecule has 1 aromatic carbocycles. The van der Waals surface area contributed by atoms with Crippen molar-refractivity contribution in [3.05, 3.63) is 35.0 Å².